The quantitative estimate of drug-likeness (QED) is 0.434. The number of nitrogens with zero attached hydrogens (tertiary/aromatic N) is 4. The monoisotopic (exact) mass is 345 g/mol. The van der Waals surface area contributed by atoms with Gasteiger partial charge in [-0.3, -0.25) is 19.8 Å². The van der Waals surface area contributed by atoms with Crippen LogP contribution in [-0.2, 0) is 6.54 Å². The Bertz CT molecular complexity index is 1080. The van der Waals surface area contributed by atoms with Crippen LogP contribution < -0.4 is 5.32 Å². The topological polar surface area (TPSA) is 85.9 Å². The summed E-state index contributed by atoms with van der Waals surface area (Å²) >= 11 is 0. The number of hydrogen-bond donors (Lipinski definition) is 1. The van der Waals surface area contributed by atoms with E-state index in [1.54, 1.807) is 24.5 Å². The van der Waals surface area contributed by atoms with Crippen LogP contribution in [0.25, 0.3) is 10.8 Å². The predicted octanol–water partition coefficient (Wildman–Crippen LogP) is 4.13. The minimum Gasteiger partial charge on any atom is -0.352 e. The highest BCUT2D eigenvalue weighted by atomic mass is 16.6. The van der Waals surface area contributed by atoms with Gasteiger partial charge in [-0.25, -0.2) is 0 Å². The SMILES string of the molecule is O=[N+]([O-])c1ccc(Nc2cnn(Cc3ccccc3)c2)c2ccncc12. The van der Waals surface area contributed by atoms with E-state index in [9.17, 15) is 10.1 Å². The standard InChI is InChI=1S/C19H15N5O2/c25-24(26)19-7-6-18(16-8-9-20-11-17(16)19)22-15-10-21-23(13-15)12-14-4-2-1-3-5-14/h1-11,13,22H,12H2. The fourth-order valence-electron chi connectivity index (χ4n) is 2.88. The fourth-order valence-corrected chi connectivity index (χ4v) is 2.88. The summed E-state index contributed by atoms with van der Waals surface area (Å²) in [5.41, 5.74) is 2.78. The van der Waals surface area contributed by atoms with E-state index in [0.29, 0.717) is 11.9 Å². The number of hydrogen-bond acceptors (Lipinski definition) is 5. The molecule has 1 N–H and O–H groups in total. The lowest BCUT2D eigenvalue weighted by molar-refractivity contribution is -0.383. The largest absolute Gasteiger partial charge is 0.352 e. The van der Waals surface area contributed by atoms with Gasteiger partial charge in [-0.05, 0) is 17.7 Å². The third-order valence-corrected chi connectivity index (χ3v) is 4.09. The van der Waals surface area contributed by atoms with Crippen molar-refractivity contribution in [2.24, 2.45) is 0 Å². The molecule has 0 aliphatic carbocycles. The molecule has 0 fully saturated rings. The maximum atomic E-state index is 11.2. The number of rotatable bonds is 5. The molecule has 0 aliphatic heterocycles. The van der Waals surface area contributed by atoms with Gasteiger partial charge in [0, 0.05) is 35.7 Å². The molecular formula is C19H15N5O2. The van der Waals surface area contributed by atoms with E-state index >= 15 is 0 Å². The van der Waals surface area contributed by atoms with E-state index in [0.717, 1.165) is 22.3 Å². The first-order valence-electron chi connectivity index (χ1n) is 8.05. The minimum atomic E-state index is -0.397. The number of aromatic nitrogens is 3. The van der Waals surface area contributed by atoms with Crippen LogP contribution >= 0.6 is 0 Å². The zero-order chi connectivity index (χ0) is 17.9. The first-order valence-corrected chi connectivity index (χ1v) is 8.05. The van der Waals surface area contributed by atoms with Gasteiger partial charge in [0.05, 0.1) is 28.7 Å². The second-order valence-electron chi connectivity index (χ2n) is 5.85. The number of nitro groups is 1. The predicted molar refractivity (Wildman–Crippen MR) is 99.5 cm³/mol. The molecule has 0 saturated heterocycles. The number of non-ortho nitro benzene ring substituents is 1. The van der Waals surface area contributed by atoms with Crippen LogP contribution in [0.4, 0.5) is 17.1 Å². The molecule has 26 heavy (non-hydrogen) atoms. The average Bonchev–Trinajstić information content (AvgIpc) is 3.09. The molecular weight excluding hydrogens is 330 g/mol. The summed E-state index contributed by atoms with van der Waals surface area (Å²) in [5, 5.41) is 20.1. The van der Waals surface area contributed by atoms with Crippen LogP contribution in [0.2, 0.25) is 0 Å². The summed E-state index contributed by atoms with van der Waals surface area (Å²) in [5.74, 6) is 0. The van der Waals surface area contributed by atoms with Gasteiger partial charge < -0.3 is 5.32 Å². The smallest absolute Gasteiger partial charge is 0.278 e. The van der Waals surface area contributed by atoms with E-state index in [4.69, 9.17) is 0 Å². The number of nitro benzene ring substituents is 1. The van der Waals surface area contributed by atoms with Crippen LogP contribution in [-0.4, -0.2) is 19.7 Å². The Balaban J connectivity index is 1.62. The zero-order valence-electron chi connectivity index (χ0n) is 13.7. The Morgan fingerprint density at radius 2 is 1.88 bits per heavy atom. The molecule has 2 aromatic heterocycles. The third-order valence-electron chi connectivity index (χ3n) is 4.09. The van der Waals surface area contributed by atoms with Crippen molar-refractivity contribution in [2.45, 2.75) is 6.54 Å². The first kappa shape index (κ1) is 15.8. The summed E-state index contributed by atoms with van der Waals surface area (Å²) in [6.07, 6.45) is 6.77. The van der Waals surface area contributed by atoms with Gasteiger partial charge in [-0.15, -0.1) is 0 Å². The van der Waals surface area contributed by atoms with Crippen molar-refractivity contribution in [2.75, 3.05) is 5.32 Å². The summed E-state index contributed by atoms with van der Waals surface area (Å²) in [4.78, 5) is 14.8. The average molecular weight is 345 g/mol. The molecule has 7 heteroatoms. The molecule has 4 aromatic rings. The van der Waals surface area contributed by atoms with Gasteiger partial charge in [0.2, 0.25) is 0 Å². The van der Waals surface area contributed by atoms with Crippen LogP contribution in [0.5, 0.6) is 0 Å². The molecule has 7 nitrogen and oxygen atoms in total. The zero-order valence-corrected chi connectivity index (χ0v) is 13.7. The fraction of sp³-hybridized carbons (Fsp3) is 0.0526. The second kappa shape index (κ2) is 6.64. The second-order valence-corrected chi connectivity index (χ2v) is 5.85. The number of pyridine rings is 1. The molecule has 0 radical (unpaired) electrons. The van der Waals surface area contributed by atoms with Crippen molar-refractivity contribution in [3.05, 3.63) is 89.0 Å². The first-order chi connectivity index (χ1) is 12.7. The highest BCUT2D eigenvalue weighted by Gasteiger charge is 2.14. The van der Waals surface area contributed by atoms with E-state index in [1.165, 1.54) is 12.3 Å². The lowest BCUT2D eigenvalue weighted by Crippen LogP contribution is -1.99. The van der Waals surface area contributed by atoms with Crippen molar-refractivity contribution < 1.29 is 4.92 Å². The molecule has 0 spiro atoms. The molecule has 0 aliphatic rings. The number of benzene rings is 2. The maximum absolute atomic E-state index is 11.2. The molecule has 128 valence electrons. The van der Waals surface area contributed by atoms with Crippen molar-refractivity contribution in [3.63, 3.8) is 0 Å². The van der Waals surface area contributed by atoms with Gasteiger partial charge in [-0.2, -0.15) is 5.10 Å². The third kappa shape index (κ3) is 3.10. The summed E-state index contributed by atoms with van der Waals surface area (Å²) in [6.45, 7) is 0.674. The summed E-state index contributed by atoms with van der Waals surface area (Å²) < 4.78 is 1.84. The summed E-state index contributed by atoms with van der Waals surface area (Å²) in [7, 11) is 0. The molecule has 0 unspecified atom stereocenters. The molecule has 0 amide bonds. The van der Waals surface area contributed by atoms with Gasteiger partial charge in [-0.1, -0.05) is 30.3 Å². The lowest BCUT2D eigenvalue weighted by atomic mass is 10.1. The number of anilines is 2. The Labute approximate surface area is 149 Å². The van der Waals surface area contributed by atoms with Gasteiger partial charge in [0.25, 0.3) is 5.69 Å². The van der Waals surface area contributed by atoms with E-state index in [-0.39, 0.29) is 5.69 Å². The maximum Gasteiger partial charge on any atom is 0.278 e. The number of nitrogens with one attached hydrogen (secondary N) is 1. The van der Waals surface area contributed by atoms with Crippen molar-refractivity contribution in [1.82, 2.24) is 14.8 Å². The van der Waals surface area contributed by atoms with Crippen molar-refractivity contribution in [1.29, 1.82) is 0 Å². The van der Waals surface area contributed by atoms with Gasteiger partial charge >= 0.3 is 0 Å². The Morgan fingerprint density at radius 3 is 2.69 bits per heavy atom. The van der Waals surface area contributed by atoms with Crippen LogP contribution in [0, 0.1) is 10.1 Å². The van der Waals surface area contributed by atoms with Crippen LogP contribution in [0.15, 0.2) is 73.3 Å². The van der Waals surface area contributed by atoms with Crippen molar-refractivity contribution in [3.8, 4) is 0 Å². The van der Waals surface area contributed by atoms with E-state index in [1.807, 2.05) is 41.2 Å². The Morgan fingerprint density at radius 1 is 1.04 bits per heavy atom. The molecule has 0 atom stereocenters. The van der Waals surface area contributed by atoms with Crippen molar-refractivity contribution >= 4 is 27.8 Å². The van der Waals surface area contributed by atoms with Gasteiger partial charge in [0.15, 0.2) is 0 Å². The number of fused-ring (bicyclic) bond motifs is 1. The molecule has 0 saturated carbocycles. The molecule has 4 rings (SSSR count). The molecule has 2 aromatic carbocycles. The Hall–Kier alpha value is -3.74. The van der Waals surface area contributed by atoms with Crippen LogP contribution in [0.1, 0.15) is 5.56 Å². The molecule has 0 bridgehead atoms. The normalized spacial score (nSPS) is 10.8. The van der Waals surface area contributed by atoms with Gasteiger partial charge in [0.1, 0.15) is 0 Å². The van der Waals surface area contributed by atoms with E-state index < -0.39 is 4.92 Å². The molecule has 2 heterocycles. The van der Waals surface area contributed by atoms with Crippen LogP contribution in [0.3, 0.4) is 0 Å². The highest BCUT2D eigenvalue weighted by molar-refractivity contribution is 6.00. The Kier molecular flexibility index (Phi) is 4.03. The summed E-state index contributed by atoms with van der Waals surface area (Å²) in [6, 6.07) is 15.0. The van der Waals surface area contributed by atoms with E-state index in [2.05, 4.69) is 15.4 Å². The highest BCUT2D eigenvalue weighted by Crippen LogP contribution is 2.32. The lowest BCUT2D eigenvalue weighted by Gasteiger charge is -2.08. The minimum absolute atomic E-state index is 0.0402.